The lowest BCUT2D eigenvalue weighted by Gasteiger charge is -2.32. The molecule has 2 aromatic rings. The lowest BCUT2D eigenvalue weighted by Crippen LogP contribution is -2.41. The highest BCUT2D eigenvalue weighted by molar-refractivity contribution is 5.76. The Labute approximate surface area is 132 Å². The molecule has 0 aliphatic carbocycles. The number of nitrogens with zero attached hydrogens (tertiary/aromatic N) is 5. The highest BCUT2D eigenvalue weighted by Crippen LogP contribution is 2.25. The fourth-order valence-electron chi connectivity index (χ4n) is 2.83. The van der Waals surface area contributed by atoms with E-state index in [1.807, 2.05) is 18.2 Å². The first kappa shape index (κ1) is 15.1. The highest BCUT2D eigenvalue weighted by atomic mass is 16.6. The minimum atomic E-state index is -0.522. The largest absolute Gasteiger partial charge is 0.340 e. The molecule has 23 heavy (non-hydrogen) atoms. The second-order valence-corrected chi connectivity index (χ2v) is 5.59. The maximum absolute atomic E-state index is 12.4. The van der Waals surface area contributed by atoms with Crippen LogP contribution < -0.4 is 0 Å². The zero-order chi connectivity index (χ0) is 16.2. The first-order chi connectivity index (χ1) is 11.1. The van der Waals surface area contributed by atoms with Crippen LogP contribution in [0.5, 0.6) is 0 Å². The van der Waals surface area contributed by atoms with Gasteiger partial charge >= 0.3 is 5.69 Å². The van der Waals surface area contributed by atoms with Gasteiger partial charge in [0.2, 0.25) is 5.91 Å². The van der Waals surface area contributed by atoms with Crippen LogP contribution in [-0.4, -0.2) is 43.6 Å². The Morgan fingerprint density at radius 3 is 3.00 bits per heavy atom. The van der Waals surface area contributed by atoms with Crippen LogP contribution in [0.3, 0.4) is 0 Å². The first-order valence-electron chi connectivity index (χ1n) is 7.49. The number of piperidine rings is 1. The van der Waals surface area contributed by atoms with Crippen molar-refractivity contribution < 1.29 is 9.72 Å². The van der Waals surface area contributed by atoms with Crippen LogP contribution in [-0.2, 0) is 11.3 Å². The molecule has 0 bridgehead atoms. The molecule has 8 heteroatoms. The molecular weight excluding hydrogens is 298 g/mol. The van der Waals surface area contributed by atoms with Crippen LogP contribution in [0.25, 0.3) is 0 Å². The average molecular weight is 315 g/mol. The zero-order valence-corrected chi connectivity index (χ0v) is 12.5. The van der Waals surface area contributed by atoms with Gasteiger partial charge in [-0.2, -0.15) is 5.10 Å². The number of amides is 1. The first-order valence-corrected chi connectivity index (χ1v) is 7.49. The van der Waals surface area contributed by atoms with Gasteiger partial charge in [0.15, 0.2) is 0 Å². The zero-order valence-electron chi connectivity index (χ0n) is 12.5. The van der Waals surface area contributed by atoms with Crippen LogP contribution in [0.1, 0.15) is 24.5 Å². The topological polar surface area (TPSA) is 94.2 Å². The maximum Gasteiger partial charge on any atom is 0.307 e. The standard InChI is InChI=1S/C15H17N5O3/c21-15(11-19-10-13(8-17-19)20(22)23)18-7-3-4-12(9-18)14-5-1-2-6-16-14/h1-2,5-6,8,10,12H,3-4,7,9,11H2/t12-/m1/s1. The van der Waals surface area contributed by atoms with Gasteiger partial charge in [0.25, 0.3) is 0 Å². The van der Waals surface area contributed by atoms with Gasteiger partial charge in [-0.15, -0.1) is 0 Å². The third-order valence-corrected chi connectivity index (χ3v) is 4.01. The summed E-state index contributed by atoms with van der Waals surface area (Å²) in [6.45, 7) is 1.34. The maximum atomic E-state index is 12.4. The van der Waals surface area contributed by atoms with Gasteiger partial charge in [-0.05, 0) is 25.0 Å². The number of pyridine rings is 1. The van der Waals surface area contributed by atoms with E-state index in [2.05, 4.69) is 10.1 Å². The molecule has 0 radical (unpaired) electrons. The fraction of sp³-hybridized carbons (Fsp3) is 0.400. The molecule has 120 valence electrons. The Hall–Kier alpha value is -2.77. The van der Waals surface area contributed by atoms with E-state index in [-0.39, 0.29) is 24.1 Å². The van der Waals surface area contributed by atoms with E-state index in [1.165, 1.54) is 10.9 Å². The second-order valence-electron chi connectivity index (χ2n) is 5.59. The second kappa shape index (κ2) is 6.55. The molecule has 0 N–H and O–H groups in total. The molecule has 2 aromatic heterocycles. The van der Waals surface area contributed by atoms with Crippen LogP contribution in [0.4, 0.5) is 5.69 Å². The number of hydrogen-bond acceptors (Lipinski definition) is 5. The molecule has 0 saturated carbocycles. The Bertz CT molecular complexity index is 700. The molecule has 1 amide bonds. The van der Waals surface area contributed by atoms with E-state index in [4.69, 9.17) is 0 Å². The van der Waals surface area contributed by atoms with Crippen molar-refractivity contribution in [2.45, 2.75) is 25.3 Å². The van der Waals surface area contributed by atoms with Crippen molar-refractivity contribution in [1.29, 1.82) is 0 Å². The van der Waals surface area contributed by atoms with Crippen molar-refractivity contribution in [1.82, 2.24) is 19.7 Å². The number of nitro groups is 1. The summed E-state index contributed by atoms with van der Waals surface area (Å²) < 4.78 is 1.31. The fourth-order valence-corrected chi connectivity index (χ4v) is 2.83. The lowest BCUT2D eigenvalue weighted by molar-refractivity contribution is -0.385. The number of aromatic nitrogens is 3. The number of likely N-dealkylation sites (tertiary alicyclic amines) is 1. The Morgan fingerprint density at radius 2 is 2.30 bits per heavy atom. The average Bonchev–Trinajstić information content (AvgIpc) is 3.04. The summed E-state index contributed by atoms with van der Waals surface area (Å²) in [6.07, 6.45) is 6.12. The van der Waals surface area contributed by atoms with Gasteiger partial charge in [-0.25, -0.2) is 0 Å². The molecule has 1 aliphatic heterocycles. The molecule has 0 aromatic carbocycles. The molecule has 1 saturated heterocycles. The van der Waals surface area contributed by atoms with Crippen molar-refractivity contribution >= 4 is 11.6 Å². The summed E-state index contributed by atoms with van der Waals surface area (Å²) in [5, 5.41) is 14.5. The van der Waals surface area contributed by atoms with E-state index < -0.39 is 4.92 Å². The van der Waals surface area contributed by atoms with Crippen molar-refractivity contribution in [3.8, 4) is 0 Å². The van der Waals surface area contributed by atoms with Crippen LogP contribution >= 0.6 is 0 Å². The Morgan fingerprint density at radius 1 is 1.43 bits per heavy atom. The SMILES string of the molecule is O=C(Cn1cc([N+](=O)[O-])cn1)N1CCC[C@@H](c2ccccn2)C1. The number of hydrogen-bond donors (Lipinski definition) is 0. The minimum Gasteiger partial charge on any atom is -0.340 e. The molecule has 8 nitrogen and oxygen atoms in total. The van der Waals surface area contributed by atoms with E-state index in [0.29, 0.717) is 13.1 Å². The molecule has 1 fully saturated rings. The molecular formula is C15H17N5O3. The van der Waals surface area contributed by atoms with Gasteiger partial charge in [0, 0.05) is 30.9 Å². The predicted octanol–water partition coefficient (Wildman–Crippen LogP) is 1.59. The summed E-state index contributed by atoms with van der Waals surface area (Å²) in [4.78, 5) is 28.7. The van der Waals surface area contributed by atoms with Crippen molar-refractivity contribution in [2.24, 2.45) is 0 Å². The summed E-state index contributed by atoms with van der Waals surface area (Å²) in [5.41, 5.74) is 0.891. The van der Waals surface area contributed by atoms with Gasteiger partial charge in [0.1, 0.15) is 18.9 Å². The molecule has 0 spiro atoms. The van der Waals surface area contributed by atoms with Gasteiger partial charge in [-0.3, -0.25) is 24.6 Å². The van der Waals surface area contributed by atoms with E-state index in [0.717, 1.165) is 24.7 Å². The number of carbonyl (C=O) groups excluding carboxylic acids is 1. The lowest BCUT2D eigenvalue weighted by atomic mass is 9.94. The predicted molar refractivity (Wildman–Crippen MR) is 81.7 cm³/mol. The van der Waals surface area contributed by atoms with E-state index in [1.54, 1.807) is 11.1 Å². The van der Waals surface area contributed by atoms with Crippen molar-refractivity contribution in [2.75, 3.05) is 13.1 Å². The Kier molecular flexibility index (Phi) is 4.31. The highest BCUT2D eigenvalue weighted by Gasteiger charge is 2.25. The van der Waals surface area contributed by atoms with E-state index >= 15 is 0 Å². The summed E-state index contributed by atoms with van der Waals surface area (Å²) >= 11 is 0. The molecule has 1 atom stereocenters. The third-order valence-electron chi connectivity index (χ3n) is 4.01. The van der Waals surface area contributed by atoms with Crippen molar-refractivity contribution in [3.05, 3.63) is 52.6 Å². The van der Waals surface area contributed by atoms with Gasteiger partial charge in [0.05, 0.1) is 4.92 Å². The molecule has 3 rings (SSSR count). The van der Waals surface area contributed by atoms with Crippen LogP contribution in [0, 0.1) is 10.1 Å². The van der Waals surface area contributed by atoms with Crippen LogP contribution in [0.15, 0.2) is 36.8 Å². The smallest absolute Gasteiger partial charge is 0.307 e. The summed E-state index contributed by atoms with van der Waals surface area (Å²) in [5.74, 6) is 0.157. The monoisotopic (exact) mass is 315 g/mol. The Balaban J connectivity index is 1.63. The summed E-state index contributed by atoms with van der Waals surface area (Å²) in [7, 11) is 0. The summed E-state index contributed by atoms with van der Waals surface area (Å²) in [6, 6.07) is 5.81. The van der Waals surface area contributed by atoms with E-state index in [9.17, 15) is 14.9 Å². The molecule has 0 unspecified atom stereocenters. The number of rotatable bonds is 4. The molecule has 3 heterocycles. The van der Waals surface area contributed by atoms with Crippen LogP contribution in [0.2, 0.25) is 0 Å². The number of carbonyl (C=O) groups is 1. The van der Waals surface area contributed by atoms with Crippen molar-refractivity contribution in [3.63, 3.8) is 0 Å². The minimum absolute atomic E-state index is 0.0166. The quantitative estimate of drug-likeness (QED) is 0.631. The van der Waals surface area contributed by atoms with Gasteiger partial charge < -0.3 is 4.90 Å². The third kappa shape index (κ3) is 3.53. The van der Waals surface area contributed by atoms with Gasteiger partial charge in [-0.1, -0.05) is 6.07 Å². The normalized spacial score (nSPS) is 17.9. The molecule has 1 aliphatic rings.